The quantitative estimate of drug-likeness (QED) is 0.0272. The summed E-state index contributed by atoms with van der Waals surface area (Å²) in [7, 11) is 1.30. The number of nitrogens with zero attached hydrogens (tertiary/aromatic N) is 1. The number of phosphoric acid groups is 1. The van der Waals surface area contributed by atoms with E-state index in [0.29, 0.717) is 23.9 Å². The Morgan fingerprint density at radius 1 is 0.391 bits per heavy atom. The third-order valence-corrected chi connectivity index (χ3v) is 18.2. The molecule has 9 heteroatoms. The molecule has 0 saturated carbocycles. The molecule has 3 atom stereocenters. The van der Waals surface area contributed by atoms with Crippen molar-refractivity contribution in [3.8, 4) is 0 Å². The Hall–Kier alpha value is -3.10. The highest BCUT2D eigenvalue weighted by molar-refractivity contribution is 7.45. The van der Waals surface area contributed by atoms with Gasteiger partial charge in [0.15, 0.2) is 0 Å². The molecule has 8 nitrogen and oxygen atoms in total. The molecule has 0 heterocycles. The van der Waals surface area contributed by atoms with Crippen LogP contribution in [0.1, 0.15) is 348 Å². The number of unbranched alkanes of at least 4 members (excludes halogenated alkanes) is 38. The minimum absolute atomic E-state index is 0.00565. The van der Waals surface area contributed by atoms with Gasteiger partial charge in [-0.1, -0.05) is 373 Å². The zero-order valence-corrected chi connectivity index (χ0v) is 61.9. The normalized spacial score (nSPS) is 14.2. The first-order chi connectivity index (χ1) is 45.0. The van der Waals surface area contributed by atoms with Gasteiger partial charge in [-0.15, -0.1) is 0 Å². The summed E-state index contributed by atoms with van der Waals surface area (Å²) < 4.78 is 23.6. The van der Waals surface area contributed by atoms with Gasteiger partial charge in [0.25, 0.3) is 7.82 Å². The molecule has 532 valence electrons. The second-order valence-electron chi connectivity index (χ2n) is 27.3. The second kappa shape index (κ2) is 72.2. The lowest BCUT2D eigenvalue weighted by atomic mass is 10.0. The third-order valence-electron chi connectivity index (χ3n) is 17.2. The molecule has 0 spiro atoms. The maximum Gasteiger partial charge on any atom is 0.268 e. The summed E-state index contributed by atoms with van der Waals surface area (Å²) in [5, 5.41) is 14.1. The monoisotopic (exact) mass is 1300 g/mol. The van der Waals surface area contributed by atoms with Gasteiger partial charge < -0.3 is 28.8 Å². The third kappa shape index (κ3) is 74.3. The van der Waals surface area contributed by atoms with Gasteiger partial charge in [0.2, 0.25) is 5.91 Å². The topological polar surface area (TPSA) is 108 Å². The molecule has 0 radical (unpaired) electrons. The number of nitrogens with one attached hydrogen (secondary N) is 1. The Labute approximate surface area is 571 Å². The van der Waals surface area contributed by atoms with Crippen LogP contribution in [0.5, 0.6) is 0 Å². The van der Waals surface area contributed by atoms with Crippen LogP contribution in [0.15, 0.2) is 122 Å². The zero-order chi connectivity index (χ0) is 66.9. The average Bonchev–Trinajstić information content (AvgIpc) is 2.63. The van der Waals surface area contributed by atoms with Crippen molar-refractivity contribution in [1.82, 2.24) is 5.32 Å². The highest BCUT2D eigenvalue weighted by Gasteiger charge is 2.24. The number of allylic oxidation sites excluding steroid dienone is 20. The molecule has 0 aromatic heterocycles. The summed E-state index contributed by atoms with van der Waals surface area (Å²) in [5.41, 5.74) is 0. The van der Waals surface area contributed by atoms with E-state index in [4.69, 9.17) is 9.05 Å². The molecule has 0 rings (SSSR count). The lowest BCUT2D eigenvalue weighted by molar-refractivity contribution is -0.870. The van der Waals surface area contributed by atoms with Crippen LogP contribution >= 0.6 is 7.82 Å². The lowest BCUT2D eigenvalue weighted by Gasteiger charge is -2.30. The molecular weight excluding hydrogens is 1150 g/mol. The van der Waals surface area contributed by atoms with Gasteiger partial charge >= 0.3 is 0 Å². The van der Waals surface area contributed by atoms with E-state index in [2.05, 4.69) is 141 Å². The molecular formula is C83H149N2O6P. The van der Waals surface area contributed by atoms with Crippen LogP contribution in [-0.4, -0.2) is 68.5 Å². The van der Waals surface area contributed by atoms with Crippen molar-refractivity contribution in [1.29, 1.82) is 0 Å². The number of aliphatic hydroxyl groups excluding tert-OH is 1. The van der Waals surface area contributed by atoms with E-state index in [-0.39, 0.29) is 19.1 Å². The fourth-order valence-corrected chi connectivity index (χ4v) is 12.0. The maximum atomic E-state index is 13.1. The molecule has 0 aromatic carbocycles. The van der Waals surface area contributed by atoms with Gasteiger partial charge in [0.1, 0.15) is 13.2 Å². The Bertz CT molecular complexity index is 1920. The van der Waals surface area contributed by atoms with Gasteiger partial charge in [-0.05, 0) is 89.9 Å². The number of hydrogen-bond donors (Lipinski definition) is 2. The molecule has 0 aliphatic heterocycles. The fraction of sp³-hybridized carbons (Fsp3) is 0.747. The standard InChI is InChI=1S/C83H149N2O6P/c1-6-8-10-12-14-16-18-20-22-24-26-28-30-32-34-36-38-39-40-41-42-43-44-45-47-49-51-53-55-57-59-61-63-65-67-69-71-73-75-77-83(87)84-81(80-91-92(88,89)90-79-78-85(3,4)5)82(86)76-74-72-70-68-66-64-62-60-58-56-54-52-50-48-46-37-35-33-31-29-27-25-23-21-19-17-15-13-11-9-7-2/h8,10,14,16,20,22,26,28,32,34,38-39,41-42,44-45,49,51,55,57,81-82,86H,6-7,9,11-13,15,17-19,21,23-25,27,29-31,33,35-37,40,43,46-48,50,52-54,56,58-80H2,1-5H3,(H-,84,87,88,89)/b10-8-,16-14-,22-20-,28-26-,34-32-,39-38-,42-41-,45-44-,51-49-,57-55-. The first-order valence-corrected chi connectivity index (χ1v) is 40.3. The van der Waals surface area contributed by atoms with Crippen LogP contribution in [0.25, 0.3) is 0 Å². The van der Waals surface area contributed by atoms with Gasteiger partial charge in [-0.25, -0.2) is 0 Å². The average molecular weight is 1300 g/mol. The van der Waals surface area contributed by atoms with E-state index in [1.54, 1.807) is 0 Å². The van der Waals surface area contributed by atoms with E-state index in [1.807, 2.05) is 21.1 Å². The molecule has 0 aliphatic rings. The first-order valence-electron chi connectivity index (χ1n) is 38.9. The number of phosphoric ester groups is 1. The summed E-state index contributed by atoms with van der Waals surface area (Å²) in [6.45, 7) is 4.63. The summed E-state index contributed by atoms with van der Waals surface area (Å²) >= 11 is 0. The van der Waals surface area contributed by atoms with E-state index in [9.17, 15) is 19.4 Å². The Kier molecular flexibility index (Phi) is 69.7. The number of carbonyl (C=O) groups is 1. The van der Waals surface area contributed by atoms with Crippen molar-refractivity contribution in [2.45, 2.75) is 360 Å². The van der Waals surface area contributed by atoms with Gasteiger partial charge in [-0.3, -0.25) is 9.36 Å². The van der Waals surface area contributed by atoms with Crippen LogP contribution in [0, 0.1) is 0 Å². The molecule has 0 fully saturated rings. The number of carbonyl (C=O) groups excluding carboxylic acids is 1. The Balaban J connectivity index is 4.06. The number of likely N-dealkylation sites (N-methyl/N-ethyl adjacent to an activating group) is 1. The minimum Gasteiger partial charge on any atom is -0.756 e. The van der Waals surface area contributed by atoms with E-state index < -0.39 is 20.0 Å². The smallest absolute Gasteiger partial charge is 0.268 e. The van der Waals surface area contributed by atoms with Crippen LogP contribution < -0.4 is 10.2 Å². The minimum atomic E-state index is -4.59. The van der Waals surface area contributed by atoms with E-state index >= 15 is 0 Å². The zero-order valence-electron chi connectivity index (χ0n) is 61.0. The van der Waals surface area contributed by atoms with Crippen molar-refractivity contribution in [3.63, 3.8) is 0 Å². The molecule has 0 aliphatic carbocycles. The Morgan fingerprint density at radius 2 is 0.663 bits per heavy atom. The van der Waals surface area contributed by atoms with Crippen molar-refractivity contribution >= 4 is 13.7 Å². The van der Waals surface area contributed by atoms with Crippen LogP contribution in [0.4, 0.5) is 0 Å². The molecule has 3 unspecified atom stereocenters. The molecule has 92 heavy (non-hydrogen) atoms. The summed E-state index contributed by atoms with van der Waals surface area (Å²) in [4.78, 5) is 25.7. The second-order valence-corrected chi connectivity index (χ2v) is 28.7. The Morgan fingerprint density at radius 3 is 0.967 bits per heavy atom. The van der Waals surface area contributed by atoms with Crippen LogP contribution in [0.3, 0.4) is 0 Å². The fourth-order valence-electron chi connectivity index (χ4n) is 11.2. The summed E-state index contributed by atoms with van der Waals surface area (Å²) in [6.07, 6.45) is 107. The number of amides is 1. The first kappa shape index (κ1) is 88.9. The predicted molar refractivity (Wildman–Crippen MR) is 403 cm³/mol. The summed E-state index contributed by atoms with van der Waals surface area (Å²) in [6, 6.07) is -0.816. The number of hydrogen-bond acceptors (Lipinski definition) is 6. The molecule has 0 aromatic rings. The molecule has 0 bridgehead atoms. The number of aliphatic hydroxyl groups is 1. The highest BCUT2D eigenvalue weighted by atomic mass is 31.2. The van der Waals surface area contributed by atoms with Crippen molar-refractivity contribution in [2.75, 3.05) is 40.9 Å². The number of rotatable bonds is 71. The lowest BCUT2D eigenvalue weighted by Crippen LogP contribution is -2.46. The van der Waals surface area contributed by atoms with E-state index in [1.165, 1.54) is 212 Å². The van der Waals surface area contributed by atoms with Crippen molar-refractivity contribution < 1.29 is 32.9 Å². The molecule has 1 amide bonds. The molecule has 0 saturated heterocycles. The largest absolute Gasteiger partial charge is 0.756 e. The maximum absolute atomic E-state index is 13.1. The van der Waals surface area contributed by atoms with Crippen molar-refractivity contribution in [3.05, 3.63) is 122 Å². The van der Waals surface area contributed by atoms with Gasteiger partial charge in [0, 0.05) is 6.42 Å². The molecule has 2 N–H and O–H groups in total. The van der Waals surface area contributed by atoms with Crippen LogP contribution in [0.2, 0.25) is 0 Å². The van der Waals surface area contributed by atoms with Gasteiger partial charge in [0.05, 0.1) is 39.9 Å². The van der Waals surface area contributed by atoms with Crippen molar-refractivity contribution in [2.24, 2.45) is 0 Å². The summed E-state index contributed by atoms with van der Waals surface area (Å²) in [5.74, 6) is -0.173. The highest BCUT2D eigenvalue weighted by Crippen LogP contribution is 2.38. The number of quaternary nitrogens is 1. The SMILES string of the molecule is CC/C=C\C/C=C\C/C=C\C/C=C\C/C=C\C/C=C\C/C=C\C/C=C\C/C=C\C/C=C\CCCCCCCCCCC(=O)NC(COP(=O)([O-])OCC[N+](C)(C)C)C(O)CCCCCCCCCCCCCCCCCCCCCCCCCCCCCCCCC. The van der Waals surface area contributed by atoms with E-state index in [0.717, 1.165) is 109 Å². The van der Waals surface area contributed by atoms with Gasteiger partial charge in [-0.2, -0.15) is 0 Å². The predicted octanol–water partition coefficient (Wildman–Crippen LogP) is 24.9. The van der Waals surface area contributed by atoms with Crippen LogP contribution in [-0.2, 0) is 18.4 Å².